The van der Waals surface area contributed by atoms with Gasteiger partial charge in [0.1, 0.15) is 23.5 Å². The molecule has 0 radical (unpaired) electrons. The summed E-state index contributed by atoms with van der Waals surface area (Å²) in [5, 5.41) is 0.844. The number of fused-ring (bicyclic) bond motifs is 1. The molecule has 0 atom stereocenters. The zero-order chi connectivity index (χ0) is 22.1. The third-order valence-electron chi connectivity index (χ3n) is 5.87. The van der Waals surface area contributed by atoms with E-state index >= 15 is 0 Å². The Hall–Kier alpha value is -3.71. The highest BCUT2D eigenvalue weighted by atomic mass is 19.1. The summed E-state index contributed by atoms with van der Waals surface area (Å²) in [4.78, 5) is 14.6. The zero-order valence-electron chi connectivity index (χ0n) is 17.8. The molecule has 3 N–H and O–H groups in total. The molecular weight excluding hydrogens is 405 g/mol. The second-order valence-corrected chi connectivity index (χ2v) is 7.97. The molecular formula is C25H24FN5O. The molecule has 162 valence electrons. The van der Waals surface area contributed by atoms with Crippen LogP contribution in [-0.2, 0) is 6.54 Å². The van der Waals surface area contributed by atoms with Crippen LogP contribution in [0.5, 0.6) is 5.75 Å². The number of aromatic amines is 1. The van der Waals surface area contributed by atoms with Crippen molar-refractivity contribution in [1.82, 2.24) is 19.9 Å². The van der Waals surface area contributed by atoms with Crippen molar-refractivity contribution in [2.24, 2.45) is 0 Å². The van der Waals surface area contributed by atoms with Crippen LogP contribution >= 0.6 is 0 Å². The second-order valence-electron chi connectivity index (χ2n) is 7.97. The Balaban J connectivity index is 1.41. The lowest BCUT2D eigenvalue weighted by Crippen LogP contribution is -2.28. The normalized spacial score (nSPS) is 14.5. The zero-order valence-corrected chi connectivity index (χ0v) is 17.8. The van der Waals surface area contributed by atoms with E-state index in [2.05, 4.69) is 44.1 Å². The first-order chi connectivity index (χ1) is 15.6. The molecule has 0 amide bonds. The number of halogens is 1. The summed E-state index contributed by atoms with van der Waals surface area (Å²) in [5.74, 6) is 0.240. The van der Waals surface area contributed by atoms with Crippen LogP contribution in [0.25, 0.3) is 27.9 Å². The molecule has 0 fully saturated rings. The van der Waals surface area contributed by atoms with Crippen LogP contribution in [0.2, 0.25) is 0 Å². The molecule has 3 heterocycles. The summed E-state index contributed by atoms with van der Waals surface area (Å²) in [6.45, 7) is 2.72. The number of hydrogen-bond acceptors (Lipinski definition) is 5. The lowest BCUT2D eigenvalue weighted by Gasteiger charge is -2.26. The minimum atomic E-state index is -0.334. The molecule has 0 spiro atoms. The van der Waals surface area contributed by atoms with Crippen LogP contribution in [0, 0.1) is 5.82 Å². The number of nitrogens with one attached hydrogen (secondary N) is 1. The Kier molecular flexibility index (Phi) is 5.33. The molecule has 2 aromatic heterocycles. The third-order valence-corrected chi connectivity index (χ3v) is 5.87. The van der Waals surface area contributed by atoms with Crippen LogP contribution < -0.4 is 10.5 Å². The van der Waals surface area contributed by atoms with E-state index in [1.165, 1.54) is 29.6 Å². The summed E-state index contributed by atoms with van der Waals surface area (Å²) in [6.07, 6.45) is 4.67. The highest BCUT2D eigenvalue weighted by molar-refractivity contribution is 5.94. The summed E-state index contributed by atoms with van der Waals surface area (Å²) < 4.78 is 19.4. The second kappa shape index (κ2) is 8.43. The van der Waals surface area contributed by atoms with Crippen molar-refractivity contribution in [3.63, 3.8) is 0 Å². The van der Waals surface area contributed by atoms with Crippen molar-refractivity contribution in [3.8, 4) is 17.0 Å². The molecule has 0 unspecified atom stereocenters. The number of nitrogens with two attached hydrogens (primary N) is 1. The van der Waals surface area contributed by atoms with Gasteiger partial charge in [-0.05, 0) is 54.0 Å². The van der Waals surface area contributed by atoms with Crippen LogP contribution in [0.1, 0.15) is 17.7 Å². The van der Waals surface area contributed by atoms with Gasteiger partial charge in [-0.2, -0.15) is 0 Å². The maximum atomic E-state index is 14.0. The van der Waals surface area contributed by atoms with Crippen molar-refractivity contribution >= 4 is 22.3 Å². The number of hydrogen-bond donors (Lipinski definition) is 2. The van der Waals surface area contributed by atoms with Gasteiger partial charge in [-0.15, -0.1) is 0 Å². The van der Waals surface area contributed by atoms with Gasteiger partial charge in [-0.3, -0.25) is 4.90 Å². The van der Waals surface area contributed by atoms with E-state index in [1.807, 2.05) is 12.1 Å². The van der Waals surface area contributed by atoms with E-state index in [9.17, 15) is 4.39 Å². The predicted octanol–water partition coefficient (Wildman–Crippen LogP) is 4.64. The Morgan fingerprint density at radius 3 is 2.72 bits per heavy atom. The van der Waals surface area contributed by atoms with Gasteiger partial charge in [-0.1, -0.05) is 18.2 Å². The topological polar surface area (TPSA) is 80.1 Å². The van der Waals surface area contributed by atoms with E-state index < -0.39 is 0 Å². The van der Waals surface area contributed by atoms with Crippen LogP contribution in [0.15, 0.2) is 60.9 Å². The molecule has 6 nitrogen and oxygen atoms in total. The van der Waals surface area contributed by atoms with Crippen LogP contribution in [-0.4, -0.2) is 40.1 Å². The maximum absolute atomic E-state index is 14.0. The number of ether oxygens (including phenoxy) is 1. The highest BCUT2D eigenvalue weighted by Gasteiger charge is 2.18. The molecule has 0 bridgehead atoms. The summed E-state index contributed by atoms with van der Waals surface area (Å²) in [5.41, 5.74) is 12.1. The van der Waals surface area contributed by atoms with Crippen molar-refractivity contribution < 1.29 is 9.13 Å². The molecule has 1 aliphatic rings. The van der Waals surface area contributed by atoms with E-state index in [1.54, 1.807) is 13.2 Å². The maximum Gasteiger partial charge on any atom is 0.141 e. The standard InChI is InChI=1S/C25H24FN5O/c1-32-23-7-4-18(26)12-20(23)24-21-13-22(30-25(21)29-15-28-24)17-8-10-31(11-9-17)14-16-2-5-19(27)6-3-16/h2-8,12-13,15H,9-11,14,27H2,1H3,(H,28,29,30). The fourth-order valence-corrected chi connectivity index (χ4v) is 4.17. The Morgan fingerprint density at radius 2 is 1.97 bits per heavy atom. The van der Waals surface area contributed by atoms with Gasteiger partial charge < -0.3 is 15.5 Å². The predicted molar refractivity (Wildman–Crippen MR) is 125 cm³/mol. The van der Waals surface area contributed by atoms with Crippen molar-refractivity contribution in [3.05, 3.63) is 78.0 Å². The minimum absolute atomic E-state index is 0.334. The highest BCUT2D eigenvalue weighted by Crippen LogP contribution is 2.35. The van der Waals surface area contributed by atoms with Crippen LogP contribution in [0.4, 0.5) is 10.1 Å². The Labute approximate surface area is 185 Å². The first-order valence-electron chi connectivity index (χ1n) is 10.5. The first kappa shape index (κ1) is 20.2. The Bertz CT molecular complexity index is 1300. The number of aromatic nitrogens is 3. The summed E-state index contributed by atoms with van der Waals surface area (Å²) in [6, 6.07) is 14.5. The largest absolute Gasteiger partial charge is 0.496 e. The first-order valence-corrected chi connectivity index (χ1v) is 10.5. The van der Waals surface area contributed by atoms with E-state index in [0.717, 1.165) is 48.5 Å². The summed E-state index contributed by atoms with van der Waals surface area (Å²) in [7, 11) is 1.57. The Morgan fingerprint density at radius 1 is 1.12 bits per heavy atom. The molecule has 1 aliphatic heterocycles. The lowest BCUT2D eigenvalue weighted by atomic mass is 10.0. The molecule has 5 rings (SSSR count). The fourth-order valence-electron chi connectivity index (χ4n) is 4.17. The third kappa shape index (κ3) is 3.94. The van der Waals surface area contributed by atoms with Gasteiger partial charge in [-0.25, -0.2) is 14.4 Å². The van der Waals surface area contributed by atoms with Gasteiger partial charge in [0.2, 0.25) is 0 Å². The molecule has 4 aromatic rings. The number of benzene rings is 2. The lowest BCUT2D eigenvalue weighted by molar-refractivity contribution is 0.294. The SMILES string of the molecule is COc1ccc(F)cc1-c1ncnc2[nH]c(C3=CCN(Cc4ccc(N)cc4)CC3)cc12. The molecule has 0 saturated carbocycles. The molecule has 0 saturated heterocycles. The van der Waals surface area contributed by atoms with Gasteiger partial charge in [0.15, 0.2) is 0 Å². The van der Waals surface area contributed by atoms with Gasteiger partial charge in [0, 0.05) is 42.0 Å². The number of rotatable bonds is 5. The van der Waals surface area contributed by atoms with E-state index in [0.29, 0.717) is 17.0 Å². The van der Waals surface area contributed by atoms with Gasteiger partial charge >= 0.3 is 0 Å². The van der Waals surface area contributed by atoms with Crippen molar-refractivity contribution in [2.75, 3.05) is 25.9 Å². The summed E-state index contributed by atoms with van der Waals surface area (Å²) >= 11 is 0. The average molecular weight is 429 g/mol. The van der Waals surface area contributed by atoms with E-state index in [4.69, 9.17) is 10.5 Å². The molecule has 2 aromatic carbocycles. The number of nitrogen functional groups attached to an aromatic ring is 1. The van der Waals surface area contributed by atoms with Gasteiger partial charge in [0.25, 0.3) is 0 Å². The minimum Gasteiger partial charge on any atom is -0.496 e. The smallest absolute Gasteiger partial charge is 0.141 e. The molecule has 7 heteroatoms. The quantitative estimate of drug-likeness (QED) is 0.452. The monoisotopic (exact) mass is 429 g/mol. The molecule has 0 aliphatic carbocycles. The number of anilines is 1. The number of H-pyrrole nitrogens is 1. The average Bonchev–Trinajstić information content (AvgIpc) is 3.25. The number of methoxy groups -OCH3 is 1. The van der Waals surface area contributed by atoms with E-state index in [-0.39, 0.29) is 5.82 Å². The van der Waals surface area contributed by atoms with Crippen molar-refractivity contribution in [2.45, 2.75) is 13.0 Å². The fraction of sp³-hybridized carbons (Fsp3) is 0.200. The van der Waals surface area contributed by atoms with Crippen LogP contribution in [0.3, 0.4) is 0 Å². The van der Waals surface area contributed by atoms with Crippen molar-refractivity contribution in [1.29, 1.82) is 0 Å². The molecule has 32 heavy (non-hydrogen) atoms. The van der Waals surface area contributed by atoms with Gasteiger partial charge in [0.05, 0.1) is 12.8 Å². The number of nitrogens with zero attached hydrogens (tertiary/aromatic N) is 3.